The Morgan fingerprint density at radius 3 is 2.15 bits per heavy atom. The van der Waals surface area contributed by atoms with Gasteiger partial charge >= 0.3 is 12.1 Å². The number of pyridine rings is 1. The van der Waals surface area contributed by atoms with E-state index < -0.39 is 23.5 Å². The number of hydrogen-bond donors (Lipinski definition) is 4. The van der Waals surface area contributed by atoms with Crippen molar-refractivity contribution in [2.24, 2.45) is 11.6 Å². The van der Waals surface area contributed by atoms with E-state index in [1.807, 2.05) is 13.8 Å². The molecule has 1 rings (SSSR count). The van der Waals surface area contributed by atoms with Gasteiger partial charge < -0.3 is 45.1 Å². The molecule has 0 fully saturated rings. The lowest BCUT2D eigenvalue weighted by Gasteiger charge is -2.28. The molecule has 1 aromatic rings. The Hall–Kier alpha value is -3.70. The third-order valence-electron chi connectivity index (χ3n) is 5.20. The zero-order valence-electron chi connectivity index (χ0n) is 27.6. The molecule has 0 saturated carbocycles. The number of carbonyl (C=O) groups excluding carboxylic acids is 4. The first-order valence-electron chi connectivity index (χ1n) is 14.8. The molecule has 0 radical (unpaired) electrons. The van der Waals surface area contributed by atoms with E-state index in [9.17, 15) is 19.2 Å². The summed E-state index contributed by atoms with van der Waals surface area (Å²) >= 11 is 6.21. The number of nitrogens with two attached hydrogens (primary N) is 2. The lowest BCUT2D eigenvalue weighted by Crippen LogP contribution is -2.45. The second-order valence-electron chi connectivity index (χ2n) is 9.98. The van der Waals surface area contributed by atoms with Gasteiger partial charge in [-0.15, -0.1) is 0 Å². The molecule has 3 amide bonds. The summed E-state index contributed by atoms with van der Waals surface area (Å²) in [6, 6.07) is 2.83. The summed E-state index contributed by atoms with van der Waals surface area (Å²) < 4.78 is 25.9. The first-order valence-corrected chi connectivity index (χ1v) is 15.2. The van der Waals surface area contributed by atoms with Crippen LogP contribution in [0.2, 0.25) is 5.15 Å². The highest BCUT2D eigenvalue weighted by Crippen LogP contribution is 2.20. The normalized spacial score (nSPS) is 10.9. The molecule has 0 spiro atoms. The largest absolute Gasteiger partial charge is 0.469 e. The van der Waals surface area contributed by atoms with Gasteiger partial charge in [-0.2, -0.15) is 0 Å². The van der Waals surface area contributed by atoms with Crippen LogP contribution < -0.4 is 22.2 Å². The summed E-state index contributed by atoms with van der Waals surface area (Å²) in [6.45, 7) is 11.1. The molecule has 0 aliphatic rings. The van der Waals surface area contributed by atoms with Crippen molar-refractivity contribution in [2.75, 3.05) is 78.2 Å². The SMILES string of the molecule is CC.COC(=O)CCOCCOCCOCCNC(=O)c1ccc(NC(=O)CN(CCN(N)/C=C\N)C(=O)OC(C)(C)C)c(Cl)n1. The number of amides is 3. The molecule has 6 N–H and O–H groups in total. The van der Waals surface area contributed by atoms with Crippen molar-refractivity contribution in [1.29, 1.82) is 0 Å². The maximum absolute atomic E-state index is 12.7. The minimum Gasteiger partial charge on any atom is -0.469 e. The van der Waals surface area contributed by atoms with E-state index in [1.54, 1.807) is 20.8 Å². The number of hydrogen-bond acceptors (Lipinski definition) is 13. The first kappa shape index (κ1) is 42.3. The zero-order valence-corrected chi connectivity index (χ0v) is 28.4. The van der Waals surface area contributed by atoms with Gasteiger partial charge in [-0.3, -0.25) is 19.3 Å². The number of nitrogens with one attached hydrogen (secondary N) is 2. The Balaban J connectivity index is 0.00000991. The van der Waals surface area contributed by atoms with E-state index in [0.717, 1.165) is 0 Å². The van der Waals surface area contributed by atoms with Gasteiger partial charge in [0, 0.05) is 25.5 Å². The molecule has 0 aliphatic heterocycles. The molecule has 1 heterocycles. The van der Waals surface area contributed by atoms with E-state index in [1.165, 1.54) is 41.6 Å². The predicted molar refractivity (Wildman–Crippen MR) is 173 cm³/mol. The number of esters is 1. The van der Waals surface area contributed by atoms with Gasteiger partial charge in [0.15, 0.2) is 5.15 Å². The smallest absolute Gasteiger partial charge is 0.410 e. The molecule has 0 saturated heterocycles. The van der Waals surface area contributed by atoms with Crippen LogP contribution in [0.4, 0.5) is 10.5 Å². The highest BCUT2D eigenvalue weighted by molar-refractivity contribution is 6.32. The van der Waals surface area contributed by atoms with Crippen molar-refractivity contribution in [3.05, 3.63) is 35.4 Å². The Kier molecular flexibility index (Phi) is 22.5. The molecule has 0 unspecified atom stereocenters. The lowest BCUT2D eigenvalue weighted by atomic mass is 10.2. The van der Waals surface area contributed by atoms with E-state index in [2.05, 4.69) is 20.4 Å². The summed E-state index contributed by atoms with van der Waals surface area (Å²) in [7, 11) is 1.32. The predicted octanol–water partition coefficient (Wildman–Crippen LogP) is 1.89. The Morgan fingerprint density at radius 2 is 1.59 bits per heavy atom. The second-order valence-corrected chi connectivity index (χ2v) is 10.3. The molecule has 0 aromatic carbocycles. The monoisotopic (exact) mass is 675 g/mol. The van der Waals surface area contributed by atoms with Gasteiger partial charge in [-0.05, 0) is 32.9 Å². The topological polar surface area (TPSA) is 210 Å². The van der Waals surface area contributed by atoms with Gasteiger partial charge in [0.25, 0.3) is 5.91 Å². The van der Waals surface area contributed by atoms with Crippen molar-refractivity contribution in [1.82, 2.24) is 20.2 Å². The highest BCUT2D eigenvalue weighted by Gasteiger charge is 2.24. The van der Waals surface area contributed by atoms with Gasteiger partial charge in [0.05, 0.1) is 65.4 Å². The molecular weight excluding hydrogens is 626 g/mol. The molecule has 0 aliphatic carbocycles. The van der Waals surface area contributed by atoms with Gasteiger partial charge in [-0.25, -0.2) is 15.6 Å². The van der Waals surface area contributed by atoms with Gasteiger partial charge in [0.2, 0.25) is 5.91 Å². The van der Waals surface area contributed by atoms with Crippen molar-refractivity contribution >= 4 is 41.2 Å². The standard InChI is InChI=1S/C27H44ClN7O9.C2H6/c1-27(2,3)44-26(39)34(11-12-35(30)10-8-29)19-22(36)32-20-5-6-21(33-24(20)28)25(38)31-9-14-42-16-18-43-17-15-41-13-7-23(37)40-4;1-2/h5-6,8,10H,7,9,11-19,29-30H2,1-4H3,(H,31,38)(H,32,36);1-2H3/b10-8-;. The molecule has 1 aromatic heterocycles. The highest BCUT2D eigenvalue weighted by atomic mass is 35.5. The van der Waals surface area contributed by atoms with E-state index in [-0.39, 0.29) is 68.3 Å². The van der Waals surface area contributed by atoms with Gasteiger partial charge in [-0.1, -0.05) is 25.4 Å². The number of carbonyl (C=O) groups is 4. The van der Waals surface area contributed by atoms with Crippen molar-refractivity contribution < 1.29 is 42.9 Å². The number of anilines is 1. The third kappa shape index (κ3) is 20.4. The number of hydrazine groups is 1. The van der Waals surface area contributed by atoms with Crippen LogP contribution in [0.5, 0.6) is 0 Å². The van der Waals surface area contributed by atoms with E-state index in [0.29, 0.717) is 26.4 Å². The van der Waals surface area contributed by atoms with Gasteiger partial charge in [0.1, 0.15) is 17.8 Å². The van der Waals surface area contributed by atoms with Crippen LogP contribution in [-0.2, 0) is 33.3 Å². The van der Waals surface area contributed by atoms with E-state index in [4.69, 9.17) is 42.1 Å². The van der Waals surface area contributed by atoms with E-state index >= 15 is 0 Å². The van der Waals surface area contributed by atoms with Crippen LogP contribution in [0.25, 0.3) is 0 Å². The molecule has 16 nitrogen and oxygen atoms in total. The summed E-state index contributed by atoms with van der Waals surface area (Å²) in [5, 5.41) is 6.39. The number of aromatic nitrogens is 1. The lowest BCUT2D eigenvalue weighted by molar-refractivity contribution is -0.142. The zero-order chi connectivity index (χ0) is 35.0. The summed E-state index contributed by atoms with van der Waals surface area (Å²) in [5.74, 6) is 4.38. The second kappa shape index (κ2) is 24.5. The average molecular weight is 676 g/mol. The quantitative estimate of drug-likeness (QED) is 0.0512. The van der Waals surface area contributed by atoms with Crippen LogP contribution >= 0.6 is 11.6 Å². The molecule has 0 bridgehead atoms. The van der Waals surface area contributed by atoms with Crippen LogP contribution in [0.3, 0.4) is 0 Å². The minimum absolute atomic E-state index is 0.0370. The Labute approximate surface area is 276 Å². The first-order chi connectivity index (χ1) is 21.9. The number of methoxy groups -OCH3 is 1. The number of nitrogens with zero attached hydrogens (tertiary/aromatic N) is 3. The molecule has 0 atom stereocenters. The Morgan fingerprint density at radius 1 is 0.978 bits per heavy atom. The maximum Gasteiger partial charge on any atom is 0.410 e. The maximum atomic E-state index is 12.7. The number of ether oxygens (including phenoxy) is 5. The fourth-order valence-corrected chi connectivity index (χ4v) is 3.33. The minimum atomic E-state index is -0.777. The Bertz CT molecular complexity index is 1090. The average Bonchev–Trinajstić information content (AvgIpc) is 3.00. The van der Waals surface area contributed by atoms with Crippen LogP contribution in [-0.4, -0.2) is 117 Å². The van der Waals surface area contributed by atoms with Crippen LogP contribution in [0, 0.1) is 0 Å². The molecular formula is C29H50ClN7O9. The summed E-state index contributed by atoms with van der Waals surface area (Å²) in [4.78, 5) is 54.0. The fourth-order valence-electron chi connectivity index (χ4n) is 3.13. The number of halogens is 1. The molecule has 46 heavy (non-hydrogen) atoms. The van der Waals surface area contributed by atoms with Crippen LogP contribution in [0.1, 0.15) is 51.5 Å². The molecule has 262 valence electrons. The van der Waals surface area contributed by atoms with Crippen molar-refractivity contribution in [3.63, 3.8) is 0 Å². The third-order valence-corrected chi connectivity index (χ3v) is 5.49. The molecule has 17 heteroatoms. The van der Waals surface area contributed by atoms with Crippen LogP contribution in [0.15, 0.2) is 24.5 Å². The number of rotatable bonds is 20. The van der Waals surface area contributed by atoms with Crippen molar-refractivity contribution in [2.45, 2.75) is 46.6 Å². The van der Waals surface area contributed by atoms with Crippen molar-refractivity contribution in [3.8, 4) is 0 Å². The summed E-state index contributed by atoms with van der Waals surface area (Å²) in [5.41, 5.74) is 4.74. The summed E-state index contributed by atoms with van der Waals surface area (Å²) in [6.07, 6.45) is 2.14. The fraction of sp³-hybridized carbons (Fsp3) is 0.621.